The minimum absolute atomic E-state index is 0. The van der Waals surface area contributed by atoms with Gasteiger partial charge in [0.15, 0.2) is 5.96 Å². The highest BCUT2D eigenvalue weighted by Gasteiger charge is 2.26. The van der Waals surface area contributed by atoms with E-state index in [0.29, 0.717) is 12.6 Å². The van der Waals surface area contributed by atoms with Gasteiger partial charge in [0.1, 0.15) is 5.65 Å². The van der Waals surface area contributed by atoms with Crippen molar-refractivity contribution in [2.45, 2.75) is 38.3 Å². The monoisotopic (exact) mass is 469 g/mol. The van der Waals surface area contributed by atoms with Gasteiger partial charge in [0.25, 0.3) is 0 Å². The smallest absolute Gasteiger partial charge is 0.193 e. The first-order valence-electron chi connectivity index (χ1n) is 9.31. The van der Waals surface area contributed by atoms with Crippen LogP contribution in [0.15, 0.2) is 35.6 Å². The largest absolute Gasteiger partial charge is 0.378 e. The standard InChI is InChI=1S/C19H27N5O.HI/c1-20-19(21-12-16-13-24-9-3-2-4-18(24)22-16)23-10-7-17(8-11-23)25-14-15-5-6-15;/h2-4,9,13,15,17H,5-8,10-12,14H2,1H3,(H,20,21);1H. The highest BCUT2D eigenvalue weighted by molar-refractivity contribution is 14.0. The summed E-state index contributed by atoms with van der Waals surface area (Å²) >= 11 is 0. The molecule has 3 heterocycles. The summed E-state index contributed by atoms with van der Waals surface area (Å²) in [5.74, 6) is 1.80. The lowest BCUT2D eigenvalue weighted by Crippen LogP contribution is -2.46. The number of hydrogen-bond acceptors (Lipinski definition) is 3. The molecule has 142 valence electrons. The van der Waals surface area contributed by atoms with E-state index < -0.39 is 0 Å². The molecule has 7 heteroatoms. The molecule has 0 amide bonds. The van der Waals surface area contributed by atoms with Crippen molar-refractivity contribution >= 4 is 35.6 Å². The van der Waals surface area contributed by atoms with Crippen LogP contribution in [0.25, 0.3) is 5.65 Å². The summed E-state index contributed by atoms with van der Waals surface area (Å²) in [7, 11) is 1.85. The van der Waals surface area contributed by atoms with Crippen molar-refractivity contribution in [2.24, 2.45) is 10.9 Å². The number of guanidine groups is 1. The third kappa shape index (κ3) is 4.88. The van der Waals surface area contributed by atoms with Gasteiger partial charge in [-0.3, -0.25) is 4.99 Å². The summed E-state index contributed by atoms with van der Waals surface area (Å²) in [6.45, 7) is 3.65. The van der Waals surface area contributed by atoms with E-state index in [1.807, 2.05) is 35.8 Å². The molecule has 2 aromatic rings. The fourth-order valence-corrected chi connectivity index (χ4v) is 3.37. The number of aromatic nitrogens is 2. The minimum atomic E-state index is 0. The second-order valence-electron chi connectivity index (χ2n) is 7.06. The molecule has 0 atom stereocenters. The maximum absolute atomic E-state index is 6.03. The zero-order valence-corrected chi connectivity index (χ0v) is 17.6. The van der Waals surface area contributed by atoms with Gasteiger partial charge in [0.05, 0.1) is 18.3 Å². The van der Waals surface area contributed by atoms with Crippen molar-refractivity contribution in [3.63, 3.8) is 0 Å². The first kappa shape index (κ1) is 19.4. The van der Waals surface area contributed by atoms with Crippen LogP contribution >= 0.6 is 24.0 Å². The molecule has 2 aliphatic rings. The fourth-order valence-electron chi connectivity index (χ4n) is 3.37. The topological polar surface area (TPSA) is 54.2 Å². The van der Waals surface area contributed by atoms with Gasteiger partial charge in [0, 0.05) is 39.1 Å². The summed E-state index contributed by atoms with van der Waals surface area (Å²) in [4.78, 5) is 11.4. The van der Waals surface area contributed by atoms with Crippen molar-refractivity contribution < 1.29 is 4.74 Å². The van der Waals surface area contributed by atoms with Crippen molar-refractivity contribution in [1.29, 1.82) is 0 Å². The van der Waals surface area contributed by atoms with Crippen LogP contribution in [-0.4, -0.2) is 53.1 Å². The van der Waals surface area contributed by atoms with E-state index in [4.69, 9.17) is 4.74 Å². The normalized spacial score (nSPS) is 18.8. The first-order chi connectivity index (χ1) is 12.3. The van der Waals surface area contributed by atoms with E-state index in [1.165, 1.54) is 12.8 Å². The Labute approximate surface area is 172 Å². The molecule has 4 rings (SSSR count). The zero-order chi connectivity index (χ0) is 17.1. The zero-order valence-electron chi connectivity index (χ0n) is 15.3. The van der Waals surface area contributed by atoms with Crippen LogP contribution in [-0.2, 0) is 11.3 Å². The van der Waals surface area contributed by atoms with Gasteiger partial charge < -0.3 is 19.4 Å². The second kappa shape index (κ2) is 9.03. The average molecular weight is 469 g/mol. The van der Waals surface area contributed by atoms with Crippen LogP contribution in [0.3, 0.4) is 0 Å². The number of nitrogens with one attached hydrogen (secondary N) is 1. The molecule has 0 spiro atoms. The lowest BCUT2D eigenvalue weighted by Gasteiger charge is -2.34. The lowest BCUT2D eigenvalue weighted by atomic mass is 10.1. The number of imidazole rings is 1. The number of piperidine rings is 1. The summed E-state index contributed by atoms with van der Waals surface area (Å²) in [6, 6.07) is 6.04. The minimum Gasteiger partial charge on any atom is -0.378 e. The van der Waals surface area contributed by atoms with Gasteiger partial charge >= 0.3 is 0 Å². The molecule has 1 aliphatic carbocycles. The first-order valence-corrected chi connectivity index (χ1v) is 9.31. The van der Waals surface area contributed by atoms with Gasteiger partial charge in [-0.15, -0.1) is 24.0 Å². The van der Waals surface area contributed by atoms with Crippen LogP contribution in [0.4, 0.5) is 0 Å². The number of fused-ring (bicyclic) bond motifs is 1. The highest BCUT2D eigenvalue weighted by Crippen LogP contribution is 2.30. The maximum Gasteiger partial charge on any atom is 0.193 e. The Hall–Kier alpha value is -1.35. The molecule has 0 radical (unpaired) electrons. The van der Waals surface area contributed by atoms with E-state index >= 15 is 0 Å². The average Bonchev–Trinajstić information content (AvgIpc) is 3.39. The third-order valence-corrected chi connectivity index (χ3v) is 5.06. The SMILES string of the molecule is CN=C(NCc1cn2ccccc2n1)N1CCC(OCC2CC2)CC1.I. The molecular weight excluding hydrogens is 441 g/mol. The Morgan fingerprint density at radius 3 is 2.77 bits per heavy atom. The van der Waals surface area contributed by atoms with Crippen LogP contribution < -0.4 is 5.32 Å². The Morgan fingerprint density at radius 2 is 2.08 bits per heavy atom. The molecular formula is C19H28IN5O. The van der Waals surface area contributed by atoms with Gasteiger partial charge in [0.2, 0.25) is 0 Å². The molecule has 1 aliphatic heterocycles. The third-order valence-electron chi connectivity index (χ3n) is 5.06. The Balaban J connectivity index is 0.00000196. The van der Waals surface area contributed by atoms with Gasteiger partial charge in [-0.25, -0.2) is 4.98 Å². The summed E-state index contributed by atoms with van der Waals surface area (Å²) in [5, 5.41) is 3.45. The summed E-state index contributed by atoms with van der Waals surface area (Å²) in [6.07, 6.45) is 9.40. The molecule has 0 unspecified atom stereocenters. The summed E-state index contributed by atoms with van der Waals surface area (Å²) < 4.78 is 8.08. The molecule has 1 saturated carbocycles. The molecule has 0 aromatic carbocycles. The Morgan fingerprint density at radius 1 is 1.27 bits per heavy atom. The number of nitrogens with zero attached hydrogens (tertiary/aromatic N) is 4. The number of pyridine rings is 1. The molecule has 2 fully saturated rings. The maximum atomic E-state index is 6.03. The highest BCUT2D eigenvalue weighted by atomic mass is 127. The molecule has 0 bridgehead atoms. The van der Waals surface area contributed by atoms with Gasteiger partial charge in [-0.2, -0.15) is 0 Å². The van der Waals surface area contributed by atoms with E-state index in [0.717, 1.165) is 55.8 Å². The Bertz CT molecular complexity index is 701. The molecule has 2 aromatic heterocycles. The second-order valence-corrected chi connectivity index (χ2v) is 7.06. The number of aliphatic imine (C=N–C) groups is 1. The van der Waals surface area contributed by atoms with E-state index in [1.54, 1.807) is 0 Å². The number of halogens is 1. The van der Waals surface area contributed by atoms with Crippen molar-refractivity contribution in [3.8, 4) is 0 Å². The quantitative estimate of drug-likeness (QED) is 0.416. The predicted molar refractivity (Wildman–Crippen MR) is 114 cm³/mol. The van der Waals surface area contributed by atoms with Crippen molar-refractivity contribution in [1.82, 2.24) is 19.6 Å². The van der Waals surface area contributed by atoms with Crippen LogP contribution in [0.5, 0.6) is 0 Å². The molecule has 1 saturated heterocycles. The van der Waals surface area contributed by atoms with Gasteiger partial charge in [-0.1, -0.05) is 6.07 Å². The van der Waals surface area contributed by atoms with Crippen molar-refractivity contribution in [3.05, 3.63) is 36.3 Å². The van der Waals surface area contributed by atoms with Crippen molar-refractivity contribution in [2.75, 3.05) is 26.7 Å². The van der Waals surface area contributed by atoms with Crippen LogP contribution in [0.1, 0.15) is 31.4 Å². The fraction of sp³-hybridized carbons (Fsp3) is 0.579. The van der Waals surface area contributed by atoms with Crippen LogP contribution in [0, 0.1) is 5.92 Å². The molecule has 1 N–H and O–H groups in total. The number of likely N-dealkylation sites (tertiary alicyclic amines) is 1. The van der Waals surface area contributed by atoms with E-state index in [9.17, 15) is 0 Å². The van der Waals surface area contributed by atoms with E-state index in [2.05, 4.69) is 26.4 Å². The number of rotatable bonds is 5. The lowest BCUT2D eigenvalue weighted by molar-refractivity contribution is 0.0131. The summed E-state index contributed by atoms with van der Waals surface area (Å²) in [5.41, 5.74) is 2.00. The number of ether oxygens (including phenoxy) is 1. The Kier molecular flexibility index (Phi) is 6.74. The predicted octanol–water partition coefficient (Wildman–Crippen LogP) is 2.92. The van der Waals surface area contributed by atoms with Crippen LogP contribution in [0.2, 0.25) is 0 Å². The molecule has 6 nitrogen and oxygen atoms in total. The number of hydrogen-bond donors (Lipinski definition) is 1. The van der Waals surface area contributed by atoms with E-state index in [-0.39, 0.29) is 24.0 Å². The van der Waals surface area contributed by atoms with Gasteiger partial charge in [-0.05, 0) is 43.7 Å². The molecule has 26 heavy (non-hydrogen) atoms.